The average molecular weight is 441 g/mol. The first-order chi connectivity index (χ1) is 15.8. The van der Waals surface area contributed by atoms with Crippen molar-refractivity contribution >= 4 is 34.2 Å². The lowest BCUT2D eigenvalue weighted by Gasteiger charge is -2.15. The van der Waals surface area contributed by atoms with E-state index in [1.807, 2.05) is 38.1 Å². The van der Waals surface area contributed by atoms with Crippen LogP contribution in [0.2, 0.25) is 0 Å². The van der Waals surface area contributed by atoms with Gasteiger partial charge in [-0.1, -0.05) is 42.5 Å². The lowest BCUT2D eigenvalue weighted by atomic mass is 10.1. The second-order valence-corrected chi connectivity index (χ2v) is 7.93. The molecule has 7 nitrogen and oxygen atoms in total. The first kappa shape index (κ1) is 22.0. The molecule has 4 rings (SSSR count). The van der Waals surface area contributed by atoms with Crippen LogP contribution in [0.15, 0.2) is 71.5 Å². The number of anilines is 2. The maximum atomic E-state index is 13.5. The molecule has 0 spiro atoms. The summed E-state index contributed by atoms with van der Waals surface area (Å²) in [6, 6.07) is 20.0. The number of hydrogen-bond acceptors (Lipinski definition) is 4. The van der Waals surface area contributed by atoms with Gasteiger partial charge in [0.05, 0.1) is 16.7 Å². The number of aromatic nitrogens is 2. The van der Waals surface area contributed by atoms with Gasteiger partial charge in [0.1, 0.15) is 12.2 Å². The minimum Gasteiger partial charge on any atom is -0.326 e. The van der Waals surface area contributed by atoms with E-state index in [9.17, 15) is 14.4 Å². The molecule has 0 fully saturated rings. The predicted molar refractivity (Wildman–Crippen MR) is 130 cm³/mol. The van der Waals surface area contributed by atoms with E-state index in [1.165, 1.54) is 11.5 Å². The maximum absolute atomic E-state index is 13.5. The van der Waals surface area contributed by atoms with Crippen molar-refractivity contribution < 1.29 is 9.59 Å². The molecule has 7 heteroatoms. The van der Waals surface area contributed by atoms with Crippen molar-refractivity contribution in [3.05, 3.63) is 88.2 Å². The molecule has 0 radical (unpaired) electrons. The van der Waals surface area contributed by atoms with Crippen LogP contribution in [-0.4, -0.2) is 21.4 Å². The summed E-state index contributed by atoms with van der Waals surface area (Å²) in [6.45, 7) is 5.10. The van der Waals surface area contributed by atoms with E-state index in [2.05, 4.69) is 15.6 Å². The number of fused-ring (bicyclic) bond motifs is 1. The number of nitrogens with zero attached hydrogens (tertiary/aromatic N) is 2. The third-order valence-corrected chi connectivity index (χ3v) is 5.31. The molecule has 1 heterocycles. The minimum absolute atomic E-state index is 0.164. The van der Waals surface area contributed by atoms with Gasteiger partial charge in [0, 0.05) is 18.2 Å². The molecule has 0 saturated heterocycles. The third-order valence-electron chi connectivity index (χ3n) is 5.31. The van der Waals surface area contributed by atoms with Gasteiger partial charge in [0.25, 0.3) is 5.56 Å². The van der Waals surface area contributed by atoms with E-state index in [0.29, 0.717) is 28.0 Å². The zero-order chi connectivity index (χ0) is 23.5. The van der Waals surface area contributed by atoms with E-state index in [1.54, 1.807) is 42.5 Å². The summed E-state index contributed by atoms with van der Waals surface area (Å²) in [5.74, 6) is -0.570. The van der Waals surface area contributed by atoms with Crippen LogP contribution in [0.3, 0.4) is 0 Å². The van der Waals surface area contributed by atoms with E-state index < -0.39 is 5.56 Å². The molecule has 2 N–H and O–H groups in total. The molecular formula is C26H24N4O3. The van der Waals surface area contributed by atoms with E-state index in [0.717, 1.165) is 11.1 Å². The fourth-order valence-electron chi connectivity index (χ4n) is 3.72. The number of amides is 2. The topological polar surface area (TPSA) is 93.1 Å². The number of carbonyl (C=O) groups is 2. The summed E-state index contributed by atoms with van der Waals surface area (Å²) in [5.41, 5.74) is 4.53. The van der Waals surface area contributed by atoms with Crippen molar-refractivity contribution in [3.8, 4) is 11.3 Å². The van der Waals surface area contributed by atoms with Crippen molar-refractivity contribution in [2.24, 2.45) is 0 Å². The van der Waals surface area contributed by atoms with Crippen LogP contribution in [0.1, 0.15) is 18.1 Å². The van der Waals surface area contributed by atoms with Gasteiger partial charge in [-0.05, 0) is 49.2 Å². The van der Waals surface area contributed by atoms with Gasteiger partial charge >= 0.3 is 0 Å². The van der Waals surface area contributed by atoms with Crippen molar-refractivity contribution in [2.75, 3.05) is 10.6 Å². The molecule has 0 aliphatic heterocycles. The van der Waals surface area contributed by atoms with E-state index in [4.69, 9.17) is 0 Å². The van der Waals surface area contributed by atoms with Crippen molar-refractivity contribution in [1.29, 1.82) is 0 Å². The molecule has 4 aromatic rings. The van der Waals surface area contributed by atoms with Gasteiger partial charge in [-0.2, -0.15) is 0 Å². The normalized spacial score (nSPS) is 10.8. The summed E-state index contributed by atoms with van der Waals surface area (Å²) in [4.78, 5) is 42.7. The van der Waals surface area contributed by atoms with Gasteiger partial charge < -0.3 is 10.6 Å². The summed E-state index contributed by atoms with van der Waals surface area (Å²) in [5, 5.41) is 5.66. The summed E-state index contributed by atoms with van der Waals surface area (Å²) in [6.07, 6.45) is 0. The largest absolute Gasteiger partial charge is 0.326 e. The molecule has 0 unspecified atom stereocenters. The Morgan fingerprint density at radius 2 is 1.64 bits per heavy atom. The second kappa shape index (κ2) is 9.08. The highest BCUT2D eigenvalue weighted by atomic mass is 16.2. The van der Waals surface area contributed by atoms with Crippen LogP contribution in [-0.2, 0) is 16.1 Å². The zero-order valence-electron chi connectivity index (χ0n) is 18.7. The smallest absolute Gasteiger partial charge is 0.278 e. The van der Waals surface area contributed by atoms with Crippen molar-refractivity contribution in [2.45, 2.75) is 27.3 Å². The van der Waals surface area contributed by atoms with Gasteiger partial charge in [-0.15, -0.1) is 0 Å². The summed E-state index contributed by atoms with van der Waals surface area (Å²) >= 11 is 0. The van der Waals surface area contributed by atoms with Crippen molar-refractivity contribution in [3.63, 3.8) is 0 Å². The number of nitrogens with one attached hydrogen (secondary N) is 2. The van der Waals surface area contributed by atoms with Gasteiger partial charge in [-0.25, -0.2) is 4.98 Å². The lowest BCUT2D eigenvalue weighted by Crippen LogP contribution is -2.30. The van der Waals surface area contributed by atoms with Gasteiger partial charge in [0.2, 0.25) is 11.8 Å². The van der Waals surface area contributed by atoms with Crippen molar-refractivity contribution in [1.82, 2.24) is 9.55 Å². The number of para-hydroxylation sites is 3. The van der Waals surface area contributed by atoms with Crippen LogP contribution in [0, 0.1) is 13.8 Å². The Bertz CT molecular complexity index is 1440. The summed E-state index contributed by atoms with van der Waals surface area (Å²) < 4.78 is 1.42. The highest BCUT2D eigenvalue weighted by Crippen LogP contribution is 2.26. The molecule has 0 bridgehead atoms. The van der Waals surface area contributed by atoms with Crippen LogP contribution >= 0.6 is 0 Å². The van der Waals surface area contributed by atoms with Crippen LogP contribution in [0.5, 0.6) is 0 Å². The highest BCUT2D eigenvalue weighted by molar-refractivity contribution is 5.95. The lowest BCUT2D eigenvalue weighted by molar-refractivity contribution is -0.117. The van der Waals surface area contributed by atoms with Gasteiger partial charge in [-0.3, -0.25) is 19.0 Å². The summed E-state index contributed by atoms with van der Waals surface area (Å²) in [7, 11) is 0. The minimum atomic E-state index is -0.414. The van der Waals surface area contributed by atoms with E-state index >= 15 is 0 Å². The van der Waals surface area contributed by atoms with E-state index in [-0.39, 0.29) is 24.1 Å². The molecule has 166 valence electrons. The Hall–Kier alpha value is -4.26. The SMILES string of the molecule is CC(=O)Nc1ccccc1-c1nc2ccccc2n(CC(=O)Nc2cc(C)ccc2C)c1=O. The molecule has 0 aliphatic rings. The Morgan fingerprint density at radius 3 is 2.42 bits per heavy atom. The first-order valence-corrected chi connectivity index (χ1v) is 10.6. The van der Waals surface area contributed by atoms with Crippen LogP contribution in [0.25, 0.3) is 22.3 Å². The molecule has 3 aromatic carbocycles. The average Bonchev–Trinajstić information content (AvgIpc) is 2.78. The molecule has 1 aromatic heterocycles. The Kier molecular flexibility index (Phi) is 6.04. The Morgan fingerprint density at radius 1 is 0.909 bits per heavy atom. The molecule has 0 saturated carbocycles. The monoisotopic (exact) mass is 440 g/mol. The van der Waals surface area contributed by atoms with Crippen LogP contribution in [0.4, 0.5) is 11.4 Å². The van der Waals surface area contributed by atoms with Gasteiger partial charge in [0.15, 0.2) is 0 Å². The number of aryl methyl sites for hydroxylation is 2. The molecule has 0 atom stereocenters. The second-order valence-electron chi connectivity index (χ2n) is 7.93. The predicted octanol–water partition coefficient (Wildman–Crippen LogP) is 4.28. The standard InChI is InChI=1S/C26H24N4O3/c1-16-12-13-17(2)22(14-16)28-24(32)15-30-23-11-7-6-10-21(23)29-25(26(30)33)19-8-4-5-9-20(19)27-18(3)31/h4-14H,15H2,1-3H3,(H,27,31)(H,28,32). The quantitative estimate of drug-likeness (QED) is 0.485. The number of carbonyl (C=O) groups excluding carboxylic acids is 2. The Labute approximate surface area is 191 Å². The fraction of sp³-hybridized carbons (Fsp3) is 0.154. The number of benzene rings is 3. The first-order valence-electron chi connectivity index (χ1n) is 10.6. The number of hydrogen-bond donors (Lipinski definition) is 2. The highest BCUT2D eigenvalue weighted by Gasteiger charge is 2.18. The molecular weight excluding hydrogens is 416 g/mol. The zero-order valence-corrected chi connectivity index (χ0v) is 18.7. The maximum Gasteiger partial charge on any atom is 0.278 e. The molecule has 2 amide bonds. The molecule has 33 heavy (non-hydrogen) atoms. The molecule has 0 aliphatic carbocycles. The third kappa shape index (κ3) is 4.67. The number of rotatable bonds is 5. The Balaban J connectivity index is 1.80. The van der Waals surface area contributed by atoms with Crippen LogP contribution < -0.4 is 16.2 Å². The fourth-order valence-corrected chi connectivity index (χ4v) is 3.72.